The van der Waals surface area contributed by atoms with Gasteiger partial charge in [0.25, 0.3) is 5.91 Å². The third-order valence-corrected chi connectivity index (χ3v) is 2.84. The molecular formula is C14H10N2O3. The first-order valence-corrected chi connectivity index (χ1v) is 5.68. The van der Waals surface area contributed by atoms with Crippen LogP contribution < -0.4 is 5.32 Å². The van der Waals surface area contributed by atoms with Gasteiger partial charge in [-0.15, -0.1) is 0 Å². The predicted molar refractivity (Wildman–Crippen MR) is 72.6 cm³/mol. The van der Waals surface area contributed by atoms with Crippen LogP contribution in [0.5, 0.6) is 0 Å². The second-order valence-corrected chi connectivity index (χ2v) is 4.01. The fourth-order valence-corrected chi connectivity index (χ4v) is 2.10. The van der Waals surface area contributed by atoms with Gasteiger partial charge in [-0.3, -0.25) is 4.79 Å². The summed E-state index contributed by atoms with van der Waals surface area (Å²) in [6.07, 6.45) is 0.807. The number of furan rings is 1. The van der Waals surface area contributed by atoms with Crippen molar-refractivity contribution in [3.63, 3.8) is 0 Å². The molecule has 1 aromatic heterocycles. The van der Waals surface area contributed by atoms with Crippen LogP contribution in [0.25, 0.3) is 21.9 Å². The number of anilines is 1. The van der Waals surface area contributed by atoms with E-state index in [2.05, 4.69) is 10.5 Å². The molecule has 3 aromatic rings. The van der Waals surface area contributed by atoms with Crippen molar-refractivity contribution in [2.75, 3.05) is 5.32 Å². The molecule has 0 aliphatic rings. The maximum atomic E-state index is 11.5. The normalized spacial score (nSPS) is 11.4. The maximum Gasteiger partial charge on any atom is 0.270 e. The van der Waals surface area contributed by atoms with Gasteiger partial charge in [0.2, 0.25) is 0 Å². The second-order valence-electron chi connectivity index (χ2n) is 4.01. The highest BCUT2D eigenvalue weighted by molar-refractivity contribution is 6.33. The quantitative estimate of drug-likeness (QED) is 0.419. The SMILES string of the molecule is O=C(/C=N/O)Nc1cccc2oc3ccccc3c12. The van der Waals surface area contributed by atoms with Crippen LogP contribution in [0.4, 0.5) is 5.69 Å². The highest BCUT2D eigenvalue weighted by Crippen LogP contribution is 2.33. The van der Waals surface area contributed by atoms with Gasteiger partial charge in [-0.2, -0.15) is 0 Å². The number of carbonyl (C=O) groups is 1. The summed E-state index contributed by atoms with van der Waals surface area (Å²) in [5, 5.41) is 15.5. The Balaban J connectivity index is 2.21. The molecule has 0 atom stereocenters. The van der Waals surface area contributed by atoms with Gasteiger partial charge in [-0.1, -0.05) is 29.4 Å². The molecule has 0 radical (unpaired) electrons. The Morgan fingerprint density at radius 2 is 1.95 bits per heavy atom. The standard InChI is InChI=1S/C14H10N2O3/c17-13(8-15-18)16-10-5-3-7-12-14(10)9-4-1-2-6-11(9)19-12/h1-8,18H,(H,16,17)/b15-8+. The van der Waals surface area contributed by atoms with Crippen LogP contribution in [0, 0.1) is 0 Å². The first kappa shape index (κ1) is 11.3. The topological polar surface area (TPSA) is 74.8 Å². The molecule has 0 saturated carbocycles. The first-order valence-electron chi connectivity index (χ1n) is 5.68. The molecule has 2 N–H and O–H groups in total. The highest BCUT2D eigenvalue weighted by atomic mass is 16.4. The Morgan fingerprint density at radius 3 is 2.79 bits per heavy atom. The number of benzene rings is 2. The van der Waals surface area contributed by atoms with Gasteiger partial charge in [0.1, 0.15) is 17.4 Å². The largest absolute Gasteiger partial charge is 0.456 e. The van der Waals surface area contributed by atoms with E-state index in [4.69, 9.17) is 9.62 Å². The monoisotopic (exact) mass is 254 g/mol. The summed E-state index contributed by atoms with van der Waals surface area (Å²) in [7, 11) is 0. The van der Waals surface area contributed by atoms with Crippen LogP contribution >= 0.6 is 0 Å². The van der Waals surface area contributed by atoms with Gasteiger partial charge in [0.05, 0.1) is 11.1 Å². The van der Waals surface area contributed by atoms with Crippen LogP contribution in [0.1, 0.15) is 0 Å². The minimum Gasteiger partial charge on any atom is -0.456 e. The average molecular weight is 254 g/mol. The van der Waals surface area contributed by atoms with E-state index in [1.165, 1.54) is 0 Å². The Hall–Kier alpha value is -2.82. The molecule has 0 unspecified atom stereocenters. The van der Waals surface area contributed by atoms with Gasteiger partial charge in [0, 0.05) is 5.39 Å². The lowest BCUT2D eigenvalue weighted by Gasteiger charge is -2.02. The van der Waals surface area contributed by atoms with E-state index >= 15 is 0 Å². The van der Waals surface area contributed by atoms with E-state index in [9.17, 15) is 4.79 Å². The molecule has 0 bridgehead atoms. The molecule has 19 heavy (non-hydrogen) atoms. The maximum absolute atomic E-state index is 11.5. The van der Waals surface area contributed by atoms with E-state index in [-0.39, 0.29) is 0 Å². The minimum atomic E-state index is -0.500. The summed E-state index contributed by atoms with van der Waals surface area (Å²) in [5.74, 6) is -0.500. The van der Waals surface area contributed by atoms with Gasteiger partial charge in [0.15, 0.2) is 0 Å². The molecule has 1 amide bonds. The molecule has 5 nitrogen and oxygen atoms in total. The summed E-state index contributed by atoms with van der Waals surface area (Å²) in [4.78, 5) is 11.5. The summed E-state index contributed by atoms with van der Waals surface area (Å²) < 4.78 is 5.70. The number of nitrogens with zero attached hydrogens (tertiary/aromatic N) is 1. The third kappa shape index (κ3) is 1.91. The van der Waals surface area contributed by atoms with Crippen LogP contribution in [-0.4, -0.2) is 17.3 Å². The van der Waals surface area contributed by atoms with E-state index in [1.807, 2.05) is 30.3 Å². The lowest BCUT2D eigenvalue weighted by atomic mass is 10.1. The molecule has 0 saturated heterocycles. The van der Waals surface area contributed by atoms with Crippen LogP contribution in [0.15, 0.2) is 52.0 Å². The van der Waals surface area contributed by atoms with Crippen LogP contribution in [0.3, 0.4) is 0 Å². The third-order valence-electron chi connectivity index (χ3n) is 2.84. The molecule has 2 aromatic carbocycles. The number of oxime groups is 1. The number of hydrogen-bond acceptors (Lipinski definition) is 4. The number of carbonyl (C=O) groups excluding carboxylic acids is 1. The van der Waals surface area contributed by atoms with E-state index < -0.39 is 5.91 Å². The van der Waals surface area contributed by atoms with Crippen molar-refractivity contribution in [1.29, 1.82) is 0 Å². The zero-order valence-corrected chi connectivity index (χ0v) is 9.83. The van der Waals surface area contributed by atoms with Crippen molar-refractivity contribution in [2.45, 2.75) is 0 Å². The molecule has 5 heteroatoms. The molecule has 1 heterocycles. The van der Waals surface area contributed by atoms with Gasteiger partial charge in [-0.05, 0) is 18.2 Å². The molecule has 94 valence electrons. The first-order chi connectivity index (χ1) is 9.29. The number of para-hydroxylation sites is 1. The van der Waals surface area contributed by atoms with Crippen molar-refractivity contribution in [1.82, 2.24) is 0 Å². The van der Waals surface area contributed by atoms with Crippen molar-refractivity contribution in [2.24, 2.45) is 5.16 Å². The van der Waals surface area contributed by atoms with Gasteiger partial charge in [-0.25, -0.2) is 0 Å². The lowest BCUT2D eigenvalue weighted by molar-refractivity contribution is -0.110. The fraction of sp³-hybridized carbons (Fsp3) is 0. The Morgan fingerprint density at radius 1 is 1.16 bits per heavy atom. The zero-order chi connectivity index (χ0) is 13.2. The van der Waals surface area contributed by atoms with Crippen molar-refractivity contribution >= 4 is 39.7 Å². The minimum absolute atomic E-state index is 0.500. The number of hydrogen-bond donors (Lipinski definition) is 2. The number of amides is 1. The second kappa shape index (κ2) is 4.45. The summed E-state index contributed by atoms with van der Waals surface area (Å²) >= 11 is 0. The number of nitrogens with one attached hydrogen (secondary N) is 1. The van der Waals surface area contributed by atoms with Crippen molar-refractivity contribution < 1.29 is 14.4 Å². The Bertz CT molecular complexity index is 790. The van der Waals surface area contributed by atoms with Gasteiger partial charge >= 0.3 is 0 Å². The predicted octanol–water partition coefficient (Wildman–Crippen LogP) is 2.98. The number of rotatable bonds is 2. The Labute approximate surface area is 108 Å². The van der Waals surface area contributed by atoms with E-state index in [0.717, 1.165) is 22.6 Å². The summed E-state index contributed by atoms with van der Waals surface area (Å²) in [6.45, 7) is 0. The average Bonchev–Trinajstić information content (AvgIpc) is 2.78. The fourth-order valence-electron chi connectivity index (χ4n) is 2.10. The summed E-state index contributed by atoms with van der Waals surface area (Å²) in [6, 6.07) is 13.0. The van der Waals surface area contributed by atoms with Crippen LogP contribution in [0.2, 0.25) is 0 Å². The molecule has 0 fully saturated rings. The smallest absolute Gasteiger partial charge is 0.270 e. The molecular weight excluding hydrogens is 244 g/mol. The highest BCUT2D eigenvalue weighted by Gasteiger charge is 2.11. The zero-order valence-electron chi connectivity index (χ0n) is 9.83. The summed E-state index contributed by atoms with van der Waals surface area (Å²) in [5.41, 5.74) is 2.07. The van der Waals surface area contributed by atoms with Crippen LogP contribution in [-0.2, 0) is 4.79 Å². The van der Waals surface area contributed by atoms with Crippen molar-refractivity contribution in [3.05, 3.63) is 42.5 Å². The van der Waals surface area contributed by atoms with Crippen molar-refractivity contribution in [3.8, 4) is 0 Å². The molecule has 0 aliphatic heterocycles. The molecule has 0 spiro atoms. The Kier molecular flexibility index (Phi) is 2.64. The van der Waals surface area contributed by atoms with Gasteiger partial charge < -0.3 is 14.9 Å². The van der Waals surface area contributed by atoms with E-state index in [1.54, 1.807) is 12.1 Å². The van der Waals surface area contributed by atoms with E-state index in [0.29, 0.717) is 11.3 Å². The lowest BCUT2D eigenvalue weighted by Crippen LogP contribution is -2.12. The molecule has 3 rings (SSSR count). The number of fused-ring (bicyclic) bond motifs is 3. The molecule has 0 aliphatic carbocycles.